The molecule has 0 unspecified atom stereocenters. The molecule has 10 nitrogen and oxygen atoms in total. The van der Waals surface area contributed by atoms with Crippen molar-refractivity contribution in [2.45, 2.75) is 76.4 Å². The van der Waals surface area contributed by atoms with Gasteiger partial charge in [0.05, 0.1) is 24.9 Å². The number of fused-ring (bicyclic) bond motifs is 3. The number of hydrogen-bond acceptors (Lipinski definition) is 10. The highest BCUT2D eigenvalue weighted by molar-refractivity contribution is 6.04. The van der Waals surface area contributed by atoms with Gasteiger partial charge >= 0.3 is 6.01 Å². The van der Waals surface area contributed by atoms with Gasteiger partial charge in [-0.1, -0.05) is 18.4 Å². The number of aliphatic hydroxyl groups is 1. The van der Waals surface area contributed by atoms with Crippen LogP contribution in [-0.2, 0) is 4.74 Å². The fourth-order valence-electron chi connectivity index (χ4n) is 9.58. The molecule has 8 rings (SSSR count). The Bertz CT molecular complexity index is 2080. The molecule has 0 radical (unpaired) electrons. The summed E-state index contributed by atoms with van der Waals surface area (Å²) >= 11 is 0. The van der Waals surface area contributed by atoms with Crippen LogP contribution in [0.25, 0.3) is 32.9 Å². The van der Waals surface area contributed by atoms with E-state index in [9.17, 15) is 10.2 Å². The van der Waals surface area contributed by atoms with E-state index in [2.05, 4.69) is 15.8 Å². The molecule has 12 heteroatoms. The monoisotopic (exact) mass is 727 g/mol. The quantitative estimate of drug-likeness (QED) is 0.192. The van der Waals surface area contributed by atoms with E-state index in [1.807, 2.05) is 4.90 Å². The van der Waals surface area contributed by atoms with Crippen molar-refractivity contribution in [3.63, 3.8) is 0 Å². The molecule has 4 aromatic rings. The van der Waals surface area contributed by atoms with Gasteiger partial charge in [0.25, 0.3) is 0 Å². The third-order valence-electron chi connectivity index (χ3n) is 12.1. The number of nitrogens with zero attached hydrogens (tertiary/aromatic N) is 5. The summed E-state index contributed by atoms with van der Waals surface area (Å²) < 4.78 is 50.3. The van der Waals surface area contributed by atoms with Gasteiger partial charge in [-0.2, -0.15) is 9.97 Å². The van der Waals surface area contributed by atoms with E-state index in [0.717, 1.165) is 71.2 Å². The van der Waals surface area contributed by atoms with Crippen LogP contribution in [0.3, 0.4) is 0 Å². The Morgan fingerprint density at radius 2 is 1.81 bits per heavy atom. The first-order valence-corrected chi connectivity index (χ1v) is 18.9. The molecule has 2 aromatic heterocycles. The minimum absolute atomic E-state index is 0.0218. The molecule has 3 aliphatic heterocycles. The summed E-state index contributed by atoms with van der Waals surface area (Å²) in [7, 11) is 1.42. The number of terminal acetylenes is 1. The van der Waals surface area contributed by atoms with Gasteiger partial charge in [0, 0.05) is 55.3 Å². The van der Waals surface area contributed by atoms with Gasteiger partial charge in [-0.15, -0.1) is 6.42 Å². The van der Waals surface area contributed by atoms with Gasteiger partial charge in [-0.25, -0.2) is 13.8 Å². The van der Waals surface area contributed by atoms with Gasteiger partial charge < -0.3 is 29.3 Å². The minimum atomic E-state index is -1.00. The van der Waals surface area contributed by atoms with Crippen LogP contribution in [0.1, 0.15) is 70.3 Å². The van der Waals surface area contributed by atoms with E-state index in [-0.39, 0.29) is 62.7 Å². The number of aromatic hydroxyl groups is 1. The molecule has 5 heterocycles. The van der Waals surface area contributed by atoms with Crippen molar-refractivity contribution in [1.29, 1.82) is 0 Å². The van der Waals surface area contributed by atoms with E-state index >= 15 is 8.78 Å². The molecule has 3 saturated heterocycles. The van der Waals surface area contributed by atoms with E-state index in [0.29, 0.717) is 49.2 Å². The average molecular weight is 728 g/mol. The second-order valence-electron chi connectivity index (χ2n) is 15.7. The van der Waals surface area contributed by atoms with Crippen LogP contribution >= 0.6 is 0 Å². The number of phenols is 1. The number of anilines is 1. The number of β-amino-alcohol motifs (C(OH)–C–C–N with tert-alkyl or cyclic N) is 1. The molecule has 1 saturated carbocycles. The summed E-state index contributed by atoms with van der Waals surface area (Å²) in [4.78, 5) is 18.8. The third-order valence-corrected chi connectivity index (χ3v) is 12.1. The van der Waals surface area contributed by atoms with Gasteiger partial charge in [0.1, 0.15) is 34.0 Å². The third kappa shape index (κ3) is 6.61. The summed E-state index contributed by atoms with van der Waals surface area (Å²) in [5.41, 5.74) is -1.39. The predicted octanol–water partition coefficient (Wildman–Crippen LogP) is 6.61. The number of methoxy groups -OCH3 is 1. The normalized spacial score (nSPS) is 25.4. The first-order chi connectivity index (χ1) is 25.6. The molecule has 0 spiro atoms. The Labute approximate surface area is 308 Å². The zero-order valence-electron chi connectivity index (χ0n) is 30.5. The maximum Gasteiger partial charge on any atom is 0.319 e. The standard InChI is InChI=1S/C41H47F2N5O5/c1-4-28-30(42)10-9-26-20-27(49)21-29(32(26)28)35-34(43)36-33(38(44-35)51-3)37(48-17-6-13-40(2,50)23-48)46-39(45-36)53-24-41-14-5-8-31(41)47(16-7-15-41)22-25-11-18-52-19-12-25/h1,9-10,20-21,25,31,49-50H,5-8,11-19,22-24H2,2-3H3/t31-,40-,41-/m1/s1. The first kappa shape index (κ1) is 35.7. The molecule has 4 fully saturated rings. The van der Waals surface area contributed by atoms with Crippen LogP contribution in [0.4, 0.5) is 14.6 Å². The van der Waals surface area contributed by atoms with Crippen LogP contribution in [0, 0.1) is 35.3 Å². The number of pyridine rings is 1. The molecule has 3 atom stereocenters. The van der Waals surface area contributed by atoms with Crippen molar-refractivity contribution in [1.82, 2.24) is 19.9 Å². The zero-order chi connectivity index (χ0) is 36.9. The second-order valence-corrected chi connectivity index (χ2v) is 15.7. The molecule has 1 aliphatic carbocycles. The maximum atomic E-state index is 17.3. The Morgan fingerprint density at radius 1 is 1.02 bits per heavy atom. The van der Waals surface area contributed by atoms with E-state index < -0.39 is 17.2 Å². The smallest absolute Gasteiger partial charge is 0.319 e. The van der Waals surface area contributed by atoms with Gasteiger partial charge in [-0.05, 0) is 94.3 Å². The fourth-order valence-corrected chi connectivity index (χ4v) is 9.58. The highest BCUT2D eigenvalue weighted by Gasteiger charge is 2.49. The lowest BCUT2D eigenvalue weighted by molar-refractivity contribution is -0.0203. The molecule has 53 heavy (non-hydrogen) atoms. The van der Waals surface area contributed by atoms with Crippen molar-refractivity contribution < 1.29 is 33.2 Å². The van der Waals surface area contributed by atoms with Crippen LogP contribution in [-0.4, -0.2) is 94.8 Å². The molecule has 280 valence electrons. The van der Waals surface area contributed by atoms with Crippen LogP contribution in [0.15, 0.2) is 24.3 Å². The summed E-state index contributed by atoms with van der Waals surface area (Å²) in [6.45, 7) is 6.77. The largest absolute Gasteiger partial charge is 0.508 e. The Balaban J connectivity index is 1.24. The first-order valence-electron chi connectivity index (χ1n) is 18.9. The number of likely N-dealkylation sites (tertiary alicyclic amines) is 1. The van der Waals surface area contributed by atoms with Crippen molar-refractivity contribution >= 4 is 27.5 Å². The highest BCUT2D eigenvalue weighted by Crippen LogP contribution is 2.49. The van der Waals surface area contributed by atoms with Gasteiger partial charge in [-0.3, -0.25) is 4.90 Å². The topological polar surface area (TPSA) is 113 Å². The van der Waals surface area contributed by atoms with Gasteiger partial charge in [0.2, 0.25) is 5.88 Å². The molecular formula is C41H47F2N5O5. The minimum Gasteiger partial charge on any atom is -0.508 e. The average Bonchev–Trinajstić information content (AvgIpc) is 3.59. The number of rotatable bonds is 8. The number of piperidine rings is 2. The van der Waals surface area contributed by atoms with Crippen LogP contribution in [0.5, 0.6) is 17.6 Å². The molecule has 0 amide bonds. The summed E-state index contributed by atoms with van der Waals surface area (Å²) in [6, 6.07) is 5.85. The molecule has 0 bridgehead atoms. The summed E-state index contributed by atoms with van der Waals surface area (Å²) in [5.74, 6) is 1.75. The number of hydrogen-bond donors (Lipinski definition) is 2. The van der Waals surface area contributed by atoms with E-state index in [1.54, 1.807) is 6.92 Å². The Hall–Kier alpha value is -4.31. The number of benzene rings is 2. The number of ether oxygens (including phenoxy) is 3. The summed E-state index contributed by atoms with van der Waals surface area (Å²) in [5, 5.41) is 22.7. The van der Waals surface area contributed by atoms with Crippen molar-refractivity contribution in [2.75, 3.05) is 58.0 Å². The zero-order valence-corrected chi connectivity index (χ0v) is 30.5. The predicted molar refractivity (Wildman–Crippen MR) is 198 cm³/mol. The molecule has 2 aromatic carbocycles. The van der Waals surface area contributed by atoms with Crippen molar-refractivity contribution in [2.24, 2.45) is 11.3 Å². The lowest BCUT2D eigenvalue weighted by Gasteiger charge is -2.47. The van der Waals surface area contributed by atoms with Crippen molar-refractivity contribution in [3.8, 4) is 41.2 Å². The fraction of sp³-hybridized carbons (Fsp3) is 0.537. The SMILES string of the molecule is C#Cc1c(F)ccc2cc(O)cc(-c3nc(OC)c4c(N5CCC[C@@](C)(O)C5)nc(OC[C@]56CCC[C@H]5N(CC5CCOCC5)CCC6)nc4c3F)c12. The lowest BCUT2D eigenvalue weighted by Crippen LogP contribution is -2.53. The van der Waals surface area contributed by atoms with Crippen LogP contribution in [0.2, 0.25) is 0 Å². The lowest BCUT2D eigenvalue weighted by atomic mass is 9.75. The van der Waals surface area contributed by atoms with Crippen LogP contribution < -0.4 is 14.4 Å². The Kier molecular flexibility index (Phi) is 9.54. The molecule has 2 N–H and O–H groups in total. The summed E-state index contributed by atoms with van der Waals surface area (Å²) in [6.07, 6.45) is 14.6. The highest BCUT2D eigenvalue weighted by atomic mass is 19.1. The molecule has 4 aliphatic rings. The number of aromatic nitrogens is 3. The van der Waals surface area contributed by atoms with Gasteiger partial charge in [0.15, 0.2) is 5.82 Å². The Morgan fingerprint density at radius 3 is 2.58 bits per heavy atom. The number of halogens is 2. The second kappa shape index (κ2) is 14.2. The van der Waals surface area contributed by atoms with Crippen molar-refractivity contribution in [3.05, 3.63) is 41.5 Å². The van der Waals surface area contributed by atoms with E-state index in [1.165, 1.54) is 31.4 Å². The maximum absolute atomic E-state index is 17.3. The molecular weight excluding hydrogens is 680 g/mol. The number of phenolic OH excluding ortho intramolecular Hbond substituents is 1. The van der Waals surface area contributed by atoms with E-state index in [4.69, 9.17) is 30.6 Å².